The predicted molar refractivity (Wildman–Crippen MR) is 182 cm³/mol. The number of para-hydroxylation sites is 2. The largest absolute Gasteiger partial charge is 0.419 e. The fourth-order valence-corrected chi connectivity index (χ4v) is 11.8. The number of fused-ring (bicyclic) bond motifs is 6. The summed E-state index contributed by atoms with van der Waals surface area (Å²) in [4.78, 5) is 0. The van der Waals surface area contributed by atoms with Crippen molar-refractivity contribution in [2.45, 2.75) is 5.97 Å². The molecule has 2 aliphatic rings. The molecular formula is C40H28NOP+2. The molecule has 0 bridgehead atoms. The van der Waals surface area contributed by atoms with Crippen LogP contribution in [0.3, 0.4) is 0 Å². The van der Waals surface area contributed by atoms with Crippen molar-refractivity contribution in [3.63, 3.8) is 0 Å². The molecule has 3 heteroatoms. The second-order valence-electron chi connectivity index (χ2n) is 11.3. The molecule has 0 radical (unpaired) electrons. The summed E-state index contributed by atoms with van der Waals surface area (Å²) in [7, 11) is -2.26. The molecule has 2 aliphatic heterocycles. The highest BCUT2D eigenvalue weighted by molar-refractivity contribution is 7.96. The summed E-state index contributed by atoms with van der Waals surface area (Å²) in [6, 6.07) is 57.3. The van der Waals surface area contributed by atoms with Crippen LogP contribution in [-0.4, -0.2) is 16.8 Å². The van der Waals surface area contributed by atoms with E-state index in [1.807, 2.05) is 0 Å². The molecule has 0 saturated heterocycles. The smallest absolute Gasteiger partial charge is 0.402 e. The molecule has 0 unspecified atom stereocenters. The van der Waals surface area contributed by atoms with Gasteiger partial charge in [0.05, 0.1) is 5.56 Å². The lowest BCUT2D eigenvalue weighted by Gasteiger charge is -2.28. The number of rotatable bonds is 3. The summed E-state index contributed by atoms with van der Waals surface area (Å²) in [6.07, 6.45) is 2.33. The van der Waals surface area contributed by atoms with Gasteiger partial charge < -0.3 is 4.74 Å². The van der Waals surface area contributed by atoms with Gasteiger partial charge in [-0.1, -0.05) is 109 Å². The highest BCUT2D eigenvalue weighted by atomic mass is 31.2. The number of ether oxygens (including phenoxy) is 1. The minimum absolute atomic E-state index is 0.204. The van der Waals surface area contributed by atoms with E-state index in [0.29, 0.717) is 0 Å². The molecule has 0 saturated carbocycles. The fourth-order valence-electron chi connectivity index (χ4n) is 7.23. The van der Waals surface area contributed by atoms with Crippen LogP contribution >= 0.6 is 7.26 Å². The number of nitrogens with zero attached hydrogens (tertiary/aromatic N) is 1. The zero-order valence-electron chi connectivity index (χ0n) is 23.5. The van der Waals surface area contributed by atoms with Crippen LogP contribution in [0.15, 0.2) is 158 Å². The van der Waals surface area contributed by atoms with E-state index in [0.717, 1.165) is 16.9 Å². The van der Waals surface area contributed by atoms with Gasteiger partial charge in [-0.05, 0) is 64.0 Å². The van der Waals surface area contributed by atoms with Crippen LogP contribution in [0.1, 0.15) is 5.56 Å². The molecule has 0 aliphatic carbocycles. The Hall–Kier alpha value is -5.04. The van der Waals surface area contributed by atoms with Gasteiger partial charge in [0.1, 0.15) is 10.6 Å². The first-order chi connectivity index (χ1) is 21.3. The molecule has 2 heterocycles. The van der Waals surface area contributed by atoms with E-state index in [2.05, 4.69) is 169 Å². The van der Waals surface area contributed by atoms with E-state index in [-0.39, 0.29) is 5.97 Å². The van der Waals surface area contributed by atoms with Crippen molar-refractivity contribution in [2.24, 2.45) is 0 Å². The van der Waals surface area contributed by atoms with Crippen LogP contribution in [0.5, 0.6) is 5.75 Å². The zero-order valence-corrected chi connectivity index (χ0v) is 24.4. The second-order valence-corrected chi connectivity index (χ2v) is 14.7. The summed E-state index contributed by atoms with van der Waals surface area (Å²) in [5.74, 6) is 0.749. The van der Waals surface area contributed by atoms with Gasteiger partial charge >= 0.3 is 5.97 Å². The lowest BCUT2D eigenvalue weighted by atomic mass is 9.90. The van der Waals surface area contributed by atoms with Gasteiger partial charge in [0.15, 0.2) is 17.3 Å². The van der Waals surface area contributed by atoms with E-state index >= 15 is 0 Å². The van der Waals surface area contributed by atoms with Crippen molar-refractivity contribution in [1.82, 2.24) is 0 Å². The van der Waals surface area contributed by atoms with E-state index < -0.39 is 7.26 Å². The van der Waals surface area contributed by atoms with Gasteiger partial charge in [-0.2, -0.15) is 0 Å². The number of hydrogen-bond donors (Lipinski definition) is 0. The van der Waals surface area contributed by atoms with Crippen LogP contribution in [0.4, 0.5) is 5.69 Å². The van der Waals surface area contributed by atoms with Crippen molar-refractivity contribution in [1.29, 1.82) is 0 Å². The first kappa shape index (κ1) is 24.5. The van der Waals surface area contributed by atoms with Crippen molar-refractivity contribution >= 4 is 56.6 Å². The fraction of sp³-hybridized carbons (Fsp3) is 0.0250. The van der Waals surface area contributed by atoms with Crippen LogP contribution in [0, 0.1) is 0 Å². The Kier molecular flexibility index (Phi) is 5.42. The van der Waals surface area contributed by atoms with Gasteiger partial charge in [-0.3, -0.25) is 0 Å². The Morgan fingerprint density at radius 2 is 1.12 bits per heavy atom. The molecule has 0 aromatic heterocycles. The molecule has 9 rings (SSSR count). The monoisotopic (exact) mass is 569 g/mol. The van der Waals surface area contributed by atoms with Gasteiger partial charge in [-0.15, -0.1) is 4.58 Å². The highest BCUT2D eigenvalue weighted by Gasteiger charge is 2.69. The van der Waals surface area contributed by atoms with Crippen LogP contribution in [-0.2, 0) is 0 Å². The third kappa shape index (κ3) is 3.48. The Balaban J connectivity index is 1.36. The molecule has 0 amide bonds. The second kappa shape index (κ2) is 9.49. The van der Waals surface area contributed by atoms with Crippen LogP contribution in [0.2, 0.25) is 0 Å². The van der Waals surface area contributed by atoms with E-state index in [9.17, 15) is 0 Å². The normalized spacial score (nSPS) is 16.2. The summed E-state index contributed by atoms with van der Waals surface area (Å²) in [6.45, 7) is 0. The SMILES string of the molecule is C1=[N+]2c3ccccc3[P+](c3ccccc3)(c3ccccc3)[C@@H]2Oc2c1cccc2-c1c2ccccc2cc2ccccc12. The average molecular weight is 570 g/mol. The minimum atomic E-state index is -2.26. The Morgan fingerprint density at radius 3 is 1.79 bits per heavy atom. The maximum absolute atomic E-state index is 7.49. The molecular weight excluding hydrogens is 541 g/mol. The standard InChI is InChI=1S/C40H28NOP/c1-3-17-31(18-4-1)43(32-19-5-2-6-20-32)37-25-12-11-24-36(37)41-27-30-16-13-23-35(39(30)42-40(41)43)38-33-21-9-7-14-28(33)26-29-15-8-10-22-34(29)38/h1-27,40H/q+2/t40-/m0/s1. The van der Waals surface area contributed by atoms with Gasteiger partial charge in [0.25, 0.3) is 5.69 Å². The molecule has 1 atom stereocenters. The third-order valence-corrected chi connectivity index (χ3v) is 13.4. The average Bonchev–Trinajstić information content (AvgIpc) is 3.37. The first-order valence-corrected chi connectivity index (χ1v) is 16.6. The van der Waals surface area contributed by atoms with Crippen molar-refractivity contribution in [3.05, 3.63) is 163 Å². The molecule has 7 aromatic carbocycles. The van der Waals surface area contributed by atoms with Crippen molar-refractivity contribution < 1.29 is 9.31 Å². The minimum Gasteiger partial charge on any atom is -0.402 e. The molecule has 43 heavy (non-hydrogen) atoms. The third-order valence-electron chi connectivity index (χ3n) is 9.02. The number of benzene rings is 7. The van der Waals surface area contributed by atoms with Crippen LogP contribution < -0.4 is 20.7 Å². The van der Waals surface area contributed by atoms with Crippen molar-refractivity contribution in [2.75, 3.05) is 0 Å². The number of hydrogen-bond acceptors (Lipinski definition) is 1. The molecule has 7 aromatic rings. The summed E-state index contributed by atoms with van der Waals surface area (Å²) < 4.78 is 9.89. The maximum atomic E-state index is 7.49. The summed E-state index contributed by atoms with van der Waals surface area (Å²) >= 11 is 0. The molecule has 0 N–H and O–H groups in total. The lowest BCUT2D eigenvalue weighted by molar-refractivity contribution is -0.492. The quantitative estimate of drug-likeness (QED) is 0.118. The van der Waals surface area contributed by atoms with Gasteiger partial charge in [0.2, 0.25) is 7.26 Å². The molecule has 0 spiro atoms. The van der Waals surface area contributed by atoms with E-state index in [1.54, 1.807) is 0 Å². The first-order valence-electron chi connectivity index (χ1n) is 14.8. The Bertz CT molecular complexity index is 2130. The molecule has 2 nitrogen and oxygen atoms in total. The summed E-state index contributed by atoms with van der Waals surface area (Å²) in [5.41, 5.74) is 4.68. The Labute approximate surface area is 251 Å². The van der Waals surface area contributed by atoms with E-state index in [4.69, 9.17) is 4.74 Å². The Morgan fingerprint density at radius 1 is 0.535 bits per heavy atom. The maximum Gasteiger partial charge on any atom is 0.419 e. The zero-order chi connectivity index (χ0) is 28.4. The van der Waals surface area contributed by atoms with Crippen molar-refractivity contribution in [3.8, 4) is 16.9 Å². The summed E-state index contributed by atoms with van der Waals surface area (Å²) in [5, 5.41) is 8.96. The van der Waals surface area contributed by atoms with Gasteiger partial charge in [0, 0.05) is 17.2 Å². The highest BCUT2D eigenvalue weighted by Crippen LogP contribution is 2.67. The van der Waals surface area contributed by atoms with Crippen LogP contribution in [0.25, 0.3) is 32.7 Å². The predicted octanol–water partition coefficient (Wildman–Crippen LogP) is 8.41. The topological polar surface area (TPSA) is 12.2 Å². The van der Waals surface area contributed by atoms with Gasteiger partial charge in [-0.25, -0.2) is 0 Å². The lowest BCUT2D eigenvalue weighted by Crippen LogP contribution is -2.41. The van der Waals surface area contributed by atoms with E-state index in [1.165, 1.54) is 48.7 Å². The molecule has 0 fully saturated rings. The molecule has 202 valence electrons.